The fraction of sp³-hybridized carbons (Fsp3) is 0.188. The molecule has 0 spiro atoms. The van der Waals surface area contributed by atoms with E-state index in [2.05, 4.69) is 5.32 Å². The van der Waals surface area contributed by atoms with Gasteiger partial charge in [-0.05, 0) is 31.2 Å². The van der Waals surface area contributed by atoms with E-state index in [1.54, 1.807) is 35.9 Å². The summed E-state index contributed by atoms with van der Waals surface area (Å²) in [6.45, 7) is 1.77. The molecule has 0 unspecified atom stereocenters. The number of amides is 4. The summed E-state index contributed by atoms with van der Waals surface area (Å²) < 4.78 is 31.1. The number of hydrogen-bond donors (Lipinski definition) is 3. The van der Waals surface area contributed by atoms with Crippen LogP contribution in [0.4, 0.5) is 4.79 Å². The molecule has 1 aromatic carbocycles. The number of hydrazine groups is 1. The smallest absolute Gasteiger partial charge is 0.349 e. The van der Waals surface area contributed by atoms with Crippen LogP contribution in [-0.2, 0) is 26.2 Å². The second-order valence-electron chi connectivity index (χ2n) is 5.49. The molecule has 0 saturated heterocycles. The topological polar surface area (TPSA) is 138 Å². The molecule has 1 heterocycles. The Hall–Kier alpha value is -3.34. The fourth-order valence-corrected chi connectivity index (χ4v) is 2.85. The van der Waals surface area contributed by atoms with E-state index < -0.39 is 27.9 Å². The van der Waals surface area contributed by atoms with E-state index in [0.717, 1.165) is 12.6 Å². The highest BCUT2D eigenvalue weighted by Crippen LogP contribution is 2.09. The van der Waals surface area contributed by atoms with Gasteiger partial charge in [-0.3, -0.25) is 15.0 Å². The highest BCUT2D eigenvalue weighted by molar-refractivity contribution is 7.90. The Bertz CT molecular complexity index is 922. The fourth-order valence-electron chi connectivity index (χ4n) is 1.87. The van der Waals surface area contributed by atoms with Gasteiger partial charge < -0.3 is 9.73 Å². The largest absolute Gasteiger partial charge is 0.467 e. The quantitative estimate of drug-likeness (QED) is 0.503. The number of carbonyl (C=O) groups excluding carboxylic acids is 3. The average Bonchev–Trinajstić information content (AvgIpc) is 3.13. The minimum absolute atomic E-state index is 0.0169. The van der Waals surface area contributed by atoms with Crippen molar-refractivity contribution in [1.29, 1.82) is 0 Å². The SMILES string of the molecule is Cc1ccc(S(=O)(=O)NC(=O)N(C)NC(=O)C(=O)NCc2ccco2)cc1. The summed E-state index contributed by atoms with van der Waals surface area (Å²) in [6.07, 6.45) is 1.41. The first kappa shape index (κ1) is 20.0. The molecule has 0 saturated carbocycles. The van der Waals surface area contributed by atoms with Crippen LogP contribution in [0.1, 0.15) is 11.3 Å². The number of sulfonamides is 1. The summed E-state index contributed by atoms with van der Waals surface area (Å²) in [5.74, 6) is -1.73. The van der Waals surface area contributed by atoms with Gasteiger partial charge in [0.25, 0.3) is 10.0 Å². The molecule has 0 aliphatic heterocycles. The molecule has 11 heteroatoms. The van der Waals surface area contributed by atoms with Crippen molar-refractivity contribution >= 4 is 27.9 Å². The predicted octanol–water partition coefficient (Wildman–Crippen LogP) is 0.266. The summed E-state index contributed by atoms with van der Waals surface area (Å²) in [7, 11) is -3.03. The van der Waals surface area contributed by atoms with E-state index in [0.29, 0.717) is 10.8 Å². The van der Waals surface area contributed by atoms with Crippen molar-refractivity contribution in [2.24, 2.45) is 0 Å². The lowest BCUT2D eigenvalue weighted by Crippen LogP contribution is -2.53. The van der Waals surface area contributed by atoms with Gasteiger partial charge in [-0.2, -0.15) is 0 Å². The summed E-state index contributed by atoms with van der Waals surface area (Å²) in [6, 6.07) is 7.92. The Kier molecular flexibility index (Phi) is 6.19. The minimum atomic E-state index is -4.12. The van der Waals surface area contributed by atoms with Crippen LogP contribution in [0.5, 0.6) is 0 Å². The minimum Gasteiger partial charge on any atom is -0.467 e. The van der Waals surface area contributed by atoms with E-state index >= 15 is 0 Å². The summed E-state index contributed by atoms with van der Waals surface area (Å²) >= 11 is 0. The molecule has 0 bridgehead atoms. The maximum atomic E-state index is 12.2. The molecule has 144 valence electrons. The molecule has 0 aliphatic carbocycles. The van der Waals surface area contributed by atoms with Crippen molar-refractivity contribution in [2.45, 2.75) is 18.4 Å². The van der Waals surface area contributed by atoms with Gasteiger partial charge in [0.2, 0.25) is 0 Å². The van der Waals surface area contributed by atoms with Crippen molar-refractivity contribution < 1.29 is 27.2 Å². The third-order valence-corrected chi connectivity index (χ3v) is 4.67. The standard InChI is InChI=1S/C16H18N4O6S/c1-11-5-7-13(8-6-11)27(24,25)19-16(23)20(2)18-15(22)14(21)17-10-12-4-3-9-26-12/h3-9H,10H2,1-2H3,(H,17,21)(H,18,22)(H,19,23). The predicted molar refractivity (Wildman–Crippen MR) is 93.4 cm³/mol. The van der Waals surface area contributed by atoms with Gasteiger partial charge in [-0.25, -0.2) is 22.9 Å². The van der Waals surface area contributed by atoms with Crippen molar-refractivity contribution in [3.63, 3.8) is 0 Å². The average molecular weight is 394 g/mol. The number of carbonyl (C=O) groups is 3. The number of furan rings is 1. The van der Waals surface area contributed by atoms with E-state index in [1.165, 1.54) is 18.4 Å². The maximum Gasteiger partial charge on any atom is 0.349 e. The van der Waals surface area contributed by atoms with Crippen molar-refractivity contribution in [1.82, 2.24) is 20.5 Å². The van der Waals surface area contributed by atoms with Crippen molar-refractivity contribution in [2.75, 3.05) is 7.05 Å². The molecule has 0 fully saturated rings. The number of aryl methyl sites for hydroxylation is 1. The molecule has 10 nitrogen and oxygen atoms in total. The molecule has 0 aliphatic rings. The molecule has 3 N–H and O–H groups in total. The Morgan fingerprint density at radius 2 is 1.74 bits per heavy atom. The zero-order valence-corrected chi connectivity index (χ0v) is 15.4. The van der Waals surface area contributed by atoms with Crippen molar-refractivity contribution in [3.05, 3.63) is 54.0 Å². The summed E-state index contributed by atoms with van der Waals surface area (Å²) in [5, 5.41) is 2.84. The third kappa shape index (κ3) is 5.57. The lowest BCUT2D eigenvalue weighted by atomic mass is 10.2. The Labute approximate surface area is 155 Å². The second kappa shape index (κ2) is 8.36. The van der Waals surface area contributed by atoms with E-state index in [1.807, 2.05) is 5.43 Å². The van der Waals surface area contributed by atoms with Crippen LogP contribution in [0.2, 0.25) is 0 Å². The number of benzene rings is 1. The highest BCUT2D eigenvalue weighted by atomic mass is 32.2. The number of rotatable bonds is 4. The van der Waals surface area contributed by atoms with E-state index in [9.17, 15) is 22.8 Å². The van der Waals surface area contributed by atoms with Crippen LogP contribution in [-0.4, -0.2) is 38.3 Å². The first-order valence-electron chi connectivity index (χ1n) is 7.67. The molecule has 27 heavy (non-hydrogen) atoms. The molecular weight excluding hydrogens is 376 g/mol. The summed E-state index contributed by atoms with van der Waals surface area (Å²) in [5.41, 5.74) is 2.82. The highest BCUT2D eigenvalue weighted by Gasteiger charge is 2.23. The van der Waals surface area contributed by atoms with Gasteiger partial charge in [0.15, 0.2) is 0 Å². The van der Waals surface area contributed by atoms with Crippen LogP contribution in [0, 0.1) is 6.92 Å². The van der Waals surface area contributed by atoms with Gasteiger partial charge in [0.1, 0.15) is 5.76 Å². The molecule has 4 amide bonds. The van der Waals surface area contributed by atoms with E-state index in [-0.39, 0.29) is 11.4 Å². The van der Waals surface area contributed by atoms with E-state index in [4.69, 9.17) is 4.42 Å². The lowest BCUT2D eigenvalue weighted by molar-refractivity contribution is -0.141. The van der Waals surface area contributed by atoms with Gasteiger partial charge in [-0.1, -0.05) is 17.7 Å². The number of nitrogens with one attached hydrogen (secondary N) is 3. The molecule has 1 aromatic heterocycles. The number of nitrogens with zero attached hydrogens (tertiary/aromatic N) is 1. The maximum absolute atomic E-state index is 12.2. The lowest BCUT2D eigenvalue weighted by Gasteiger charge is -2.18. The van der Waals surface area contributed by atoms with Gasteiger partial charge >= 0.3 is 17.8 Å². The molecule has 0 radical (unpaired) electrons. The molecular formula is C16H18N4O6S. The number of urea groups is 1. The Morgan fingerprint density at radius 3 is 2.33 bits per heavy atom. The van der Waals surface area contributed by atoms with Gasteiger partial charge in [0, 0.05) is 7.05 Å². The van der Waals surface area contributed by atoms with Crippen LogP contribution in [0.15, 0.2) is 52.0 Å². The zero-order valence-electron chi connectivity index (χ0n) is 14.6. The Morgan fingerprint density at radius 1 is 1.07 bits per heavy atom. The van der Waals surface area contributed by atoms with Crippen LogP contribution in [0.3, 0.4) is 0 Å². The van der Waals surface area contributed by atoms with Crippen LogP contribution < -0.4 is 15.5 Å². The first-order valence-corrected chi connectivity index (χ1v) is 9.16. The normalized spacial score (nSPS) is 10.7. The molecule has 0 atom stereocenters. The second-order valence-corrected chi connectivity index (χ2v) is 7.17. The Balaban J connectivity index is 1.89. The van der Waals surface area contributed by atoms with Crippen molar-refractivity contribution in [3.8, 4) is 0 Å². The first-order chi connectivity index (χ1) is 12.7. The van der Waals surface area contributed by atoms with Crippen LogP contribution in [0.25, 0.3) is 0 Å². The third-order valence-electron chi connectivity index (χ3n) is 3.34. The monoisotopic (exact) mass is 394 g/mol. The molecule has 2 aromatic rings. The van der Waals surface area contributed by atoms with Crippen LogP contribution >= 0.6 is 0 Å². The van der Waals surface area contributed by atoms with Gasteiger partial charge in [0.05, 0.1) is 17.7 Å². The zero-order chi connectivity index (χ0) is 20.0. The summed E-state index contributed by atoms with van der Waals surface area (Å²) in [4.78, 5) is 35.3. The number of hydrogen-bond acceptors (Lipinski definition) is 6. The van der Waals surface area contributed by atoms with Gasteiger partial charge in [-0.15, -0.1) is 0 Å². The molecule has 2 rings (SSSR count).